The third-order valence-electron chi connectivity index (χ3n) is 4.57. The van der Waals surface area contributed by atoms with E-state index in [2.05, 4.69) is 30.8 Å². The highest BCUT2D eigenvalue weighted by Crippen LogP contribution is 2.26. The van der Waals surface area contributed by atoms with Gasteiger partial charge in [0.15, 0.2) is 23.3 Å². The first-order valence-corrected chi connectivity index (χ1v) is 10.5. The highest BCUT2D eigenvalue weighted by molar-refractivity contribution is 14.0. The molecule has 0 aliphatic heterocycles. The molecule has 0 bridgehead atoms. The minimum Gasteiger partial charge on any atom is -0.497 e. The van der Waals surface area contributed by atoms with E-state index in [1.807, 2.05) is 62.4 Å². The molecule has 0 amide bonds. The van der Waals surface area contributed by atoms with Gasteiger partial charge in [0.2, 0.25) is 0 Å². The van der Waals surface area contributed by atoms with Crippen molar-refractivity contribution < 1.29 is 14.2 Å². The number of nitrogens with zero attached hydrogens (tertiary/aromatic N) is 3. The lowest BCUT2D eigenvalue weighted by molar-refractivity contribution is 0.213. The smallest absolute Gasteiger partial charge is 0.191 e. The van der Waals surface area contributed by atoms with Crippen molar-refractivity contribution >= 4 is 29.9 Å². The molecule has 0 aliphatic carbocycles. The van der Waals surface area contributed by atoms with Crippen molar-refractivity contribution in [2.45, 2.75) is 26.5 Å². The van der Waals surface area contributed by atoms with E-state index in [-0.39, 0.29) is 30.1 Å². The van der Waals surface area contributed by atoms with Gasteiger partial charge in [0.05, 0.1) is 20.8 Å². The Morgan fingerprint density at radius 3 is 2.42 bits per heavy atom. The molecule has 9 nitrogen and oxygen atoms in total. The normalized spacial score (nSPS) is 11.8. The maximum atomic E-state index is 5.99. The van der Waals surface area contributed by atoms with E-state index in [0.29, 0.717) is 42.2 Å². The SMILES string of the molecule is CCNC(=NCc1nc(-c2ccc(OC)cc2)n[nH]1)NCC(C)Oc1ccccc1OC.I. The van der Waals surface area contributed by atoms with Gasteiger partial charge in [-0.15, -0.1) is 24.0 Å². The van der Waals surface area contributed by atoms with Gasteiger partial charge in [-0.05, 0) is 50.2 Å². The minimum atomic E-state index is -0.0953. The number of methoxy groups -OCH3 is 2. The Bertz CT molecular complexity index is 1010. The lowest BCUT2D eigenvalue weighted by Gasteiger charge is -2.18. The van der Waals surface area contributed by atoms with E-state index >= 15 is 0 Å². The Hall–Kier alpha value is -3.02. The average molecular weight is 566 g/mol. The number of aromatic amines is 1. The quantitative estimate of drug-likeness (QED) is 0.196. The first kappa shape index (κ1) is 26.2. The summed E-state index contributed by atoms with van der Waals surface area (Å²) in [6.45, 7) is 5.67. The van der Waals surface area contributed by atoms with Crippen molar-refractivity contribution in [3.63, 3.8) is 0 Å². The molecule has 1 heterocycles. The molecule has 1 unspecified atom stereocenters. The van der Waals surface area contributed by atoms with Crippen LogP contribution in [0, 0.1) is 0 Å². The zero-order valence-corrected chi connectivity index (χ0v) is 21.6. The van der Waals surface area contributed by atoms with E-state index in [4.69, 9.17) is 14.2 Å². The summed E-state index contributed by atoms with van der Waals surface area (Å²) in [7, 11) is 3.27. The fourth-order valence-corrected chi connectivity index (χ4v) is 2.95. The summed E-state index contributed by atoms with van der Waals surface area (Å²) in [5, 5.41) is 13.8. The Balaban J connectivity index is 0.00000385. The topological polar surface area (TPSA) is 106 Å². The number of benzene rings is 2. The molecule has 0 aliphatic rings. The zero-order valence-electron chi connectivity index (χ0n) is 19.3. The molecule has 2 aromatic carbocycles. The van der Waals surface area contributed by atoms with Gasteiger partial charge in [0.1, 0.15) is 24.2 Å². The summed E-state index contributed by atoms with van der Waals surface area (Å²) in [5.74, 6) is 4.17. The number of ether oxygens (including phenoxy) is 3. The standard InChI is InChI=1S/C23H30N6O3.HI/c1-5-24-23(25-14-16(2)32-20-9-7-6-8-19(20)31-4)26-15-21-27-22(29-28-21)17-10-12-18(30-3)13-11-17;/h6-13,16H,5,14-15H2,1-4H3,(H2,24,25,26)(H,27,28,29);1H. The molecule has 3 aromatic rings. The van der Waals surface area contributed by atoms with Crippen molar-refractivity contribution in [3.8, 4) is 28.6 Å². The average Bonchev–Trinajstić information content (AvgIpc) is 3.30. The monoisotopic (exact) mass is 566 g/mol. The van der Waals surface area contributed by atoms with Gasteiger partial charge in [-0.3, -0.25) is 5.10 Å². The van der Waals surface area contributed by atoms with E-state index in [1.165, 1.54) is 0 Å². The second-order valence-corrected chi connectivity index (χ2v) is 6.99. The number of para-hydroxylation sites is 2. The summed E-state index contributed by atoms with van der Waals surface area (Å²) in [6, 6.07) is 15.2. The Morgan fingerprint density at radius 1 is 1.03 bits per heavy atom. The molecule has 3 rings (SSSR count). The fraction of sp³-hybridized carbons (Fsp3) is 0.348. The number of hydrogen-bond acceptors (Lipinski definition) is 6. The third kappa shape index (κ3) is 7.81. The predicted molar refractivity (Wildman–Crippen MR) is 140 cm³/mol. The number of guanidine groups is 1. The van der Waals surface area contributed by atoms with Crippen LogP contribution < -0.4 is 24.8 Å². The molecule has 33 heavy (non-hydrogen) atoms. The van der Waals surface area contributed by atoms with Gasteiger partial charge in [-0.25, -0.2) is 9.98 Å². The van der Waals surface area contributed by atoms with Crippen LogP contribution >= 0.6 is 24.0 Å². The van der Waals surface area contributed by atoms with Gasteiger partial charge in [-0.2, -0.15) is 5.10 Å². The molecule has 1 aromatic heterocycles. The van der Waals surface area contributed by atoms with Crippen molar-refractivity contribution in [2.24, 2.45) is 4.99 Å². The van der Waals surface area contributed by atoms with Crippen molar-refractivity contribution in [3.05, 3.63) is 54.4 Å². The summed E-state index contributed by atoms with van der Waals surface area (Å²) in [4.78, 5) is 9.12. The van der Waals surface area contributed by atoms with Crippen LogP contribution in [0.15, 0.2) is 53.5 Å². The molecule has 10 heteroatoms. The van der Waals surface area contributed by atoms with Crippen molar-refractivity contribution in [1.82, 2.24) is 25.8 Å². The van der Waals surface area contributed by atoms with Crippen LogP contribution in [0.3, 0.4) is 0 Å². The van der Waals surface area contributed by atoms with Crippen LogP contribution in [-0.2, 0) is 6.54 Å². The highest BCUT2D eigenvalue weighted by atomic mass is 127. The molecule has 3 N–H and O–H groups in total. The molecular formula is C23H31IN6O3. The maximum absolute atomic E-state index is 5.99. The molecule has 0 spiro atoms. The molecule has 0 saturated carbocycles. The van der Waals surface area contributed by atoms with Gasteiger partial charge >= 0.3 is 0 Å². The number of halogens is 1. The second kappa shape index (κ2) is 13.5. The van der Waals surface area contributed by atoms with E-state index < -0.39 is 0 Å². The number of aromatic nitrogens is 3. The highest BCUT2D eigenvalue weighted by Gasteiger charge is 2.10. The Morgan fingerprint density at radius 2 is 1.76 bits per heavy atom. The van der Waals surface area contributed by atoms with Crippen LogP contribution in [0.25, 0.3) is 11.4 Å². The van der Waals surface area contributed by atoms with Crippen LogP contribution in [-0.4, -0.2) is 54.6 Å². The zero-order chi connectivity index (χ0) is 22.8. The number of aliphatic imine (C=N–C) groups is 1. The predicted octanol–water partition coefficient (Wildman–Crippen LogP) is 3.63. The first-order chi connectivity index (χ1) is 15.6. The van der Waals surface area contributed by atoms with Gasteiger partial charge in [-0.1, -0.05) is 12.1 Å². The van der Waals surface area contributed by atoms with Gasteiger partial charge in [0, 0.05) is 12.1 Å². The fourth-order valence-electron chi connectivity index (χ4n) is 2.95. The molecule has 1 atom stereocenters. The molecule has 0 fully saturated rings. The largest absolute Gasteiger partial charge is 0.497 e. The summed E-state index contributed by atoms with van der Waals surface area (Å²) >= 11 is 0. The number of rotatable bonds is 10. The van der Waals surface area contributed by atoms with Crippen LogP contribution in [0.4, 0.5) is 0 Å². The van der Waals surface area contributed by atoms with E-state index in [0.717, 1.165) is 17.9 Å². The van der Waals surface area contributed by atoms with Crippen molar-refractivity contribution in [2.75, 3.05) is 27.3 Å². The summed E-state index contributed by atoms with van der Waals surface area (Å²) in [6.07, 6.45) is -0.0953. The number of nitrogens with one attached hydrogen (secondary N) is 3. The van der Waals surface area contributed by atoms with E-state index in [1.54, 1.807) is 14.2 Å². The van der Waals surface area contributed by atoms with Gasteiger partial charge < -0.3 is 24.8 Å². The lowest BCUT2D eigenvalue weighted by Crippen LogP contribution is -2.41. The van der Waals surface area contributed by atoms with Gasteiger partial charge in [0.25, 0.3) is 0 Å². The first-order valence-electron chi connectivity index (χ1n) is 10.5. The molecule has 0 saturated heterocycles. The maximum Gasteiger partial charge on any atom is 0.191 e. The van der Waals surface area contributed by atoms with Crippen LogP contribution in [0.1, 0.15) is 19.7 Å². The number of H-pyrrole nitrogens is 1. The lowest BCUT2D eigenvalue weighted by atomic mass is 10.2. The molecule has 0 radical (unpaired) electrons. The molecular weight excluding hydrogens is 535 g/mol. The van der Waals surface area contributed by atoms with Crippen LogP contribution in [0.2, 0.25) is 0 Å². The van der Waals surface area contributed by atoms with Crippen LogP contribution in [0.5, 0.6) is 17.2 Å². The Kier molecular flexibility index (Phi) is 10.7. The molecule has 178 valence electrons. The number of hydrogen-bond donors (Lipinski definition) is 3. The summed E-state index contributed by atoms with van der Waals surface area (Å²) < 4.78 is 16.5. The van der Waals surface area contributed by atoms with Crippen molar-refractivity contribution in [1.29, 1.82) is 0 Å². The minimum absolute atomic E-state index is 0. The second-order valence-electron chi connectivity index (χ2n) is 6.99. The van der Waals surface area contributed by atoms with E-state index in [9.17, 15) is 0 Å². The Labute approximate surface area is 211 Å². The third-order valence-corrected chi connectivity index (χ3v) is 4.57. The summed E-state index contributed by atoms with van der Waals surface area (Å²) in [5.41, 5.74) is 0.907.